The summed E-state index contributed by atoms with van der Waals surface area (Å²) in [4.78, 5) is 25.3. The van der Waals surface area contributed by atoms with Crippen LogP contribution < -0.4 is 10.6 Å². The molecule has 0 spiro atoms. The van der Waals surface area contributed by atoms with Crippen LogP contribution in [0.5, 0.6) is 0 Å². The second-order valence-corrected chi connectivity index (χ2v) is 6.32. The normalized spacial score (nSPS) is 10.7. The SMILES string of the molecule is Cc1ccc(NC(=O)Nc2cnc(-n3c(C)nc(C)c3C)nc2)cc1C. The van der Waals surface area contributed by atoms with Gasteiger partial charge in [-0.05, 0) is 57.9 Å². The molecule has 2 amide bonds. The molecule has 0 bridgehead atoms. The van der Waals surface area contributed by atoms with E-state index in [0.717, 1.165) is 28.5 Å². The molecule has 7 nitrogen and oxygen atoms in total. The number of urea groups is 1. The number of carbonyl (C=O) groups excluding carboxylic acids is 1. The Morgan fingerprint density at radius 3 is 2.15 bits per heavy atom. The van der Waals surface area contributed by atoms with Gasteiger partial charge >= 0.3 is 6.03 Å². The van der Waals surface area contributed by atoms with Crippen molar-refractivity contribution in [2.45, 2.75) is 34.6 Å². The maximum atomic E-state index is 12.2. The molecule has 0 aliphatic rings. The van der Waals surface area contributed by atoms with Gasteiger partial charge in [-0.1, -0.05) is 6.07 Å². The van der Waals surface area contributed by atoms with Gasteiger partial charge in [0, 0.05) is 11.4 Å². The first-order valence-electron chi connectivity index (χ1n) is 8.35. The van der Waals surface area contributed by atoms with E-state index in [4.69, 9.17) is 0 Å². The summed E-state index contributed by atoms with van der Waals surface area (Å²) in [7, 11) is 0. The Morgan fingerprint density at radius 2 is 1.58 bits per heavy atom. The molecule has 2 N–H and O–H groups in total. The Labute approximate surface area is 152 Å². The zero-order chi connectivity index (χ0) is 18.8. The molecule has 1 aromatic carbocycles. The number of aromatic nitrogens is 4. The first-order chi connectivity index (χ1) is 12.3. The second-order valence-electron chi connectivity index (χ2n) is 6.32. The molecular weight excluding hydrogens is 328 g/mol. The van der Waals surface area contributed by atoms with Crippen molar-refractivity contribution in [2.24, 2.45) is 0 Å². The predicted octanol–water partition coefficient (Wildman–Crippen LogP) is 3.85. The summed E-state index contributed by atoms with van der Waals surface area (Å²) >= 11 is 0. The number of hydrogen-bond acceptors (Lipinski definition) is 4. The molecule has 0 saturated carbocycles. The van der Waals surface area contributed by atoms with Crippen LogP contribution in [0.15, 0.2) is 30.6 Å². The third-order valence-corrected chi connectivity index (χ3v) is 4.37. The minimum atomic E-state index is -0.338. The molecule has 0 atom stereocenters. The van der Waals surface area contributed by atoms with Crippen LogP contribution in [0.3, 0.4) is 0 Å². The van der Waals surface area contributed by atoms with E-state index >= 15 is 0 Å². The van der Waals surface area contributed by atoms with Crippen LogP contribution in [0.1, 0.15) is 28.3 Å². The summed E-state index contributed by atoms with van der Waals surface area (Å²) in [5.41, 5.74) is 5.50. The number of imidazole rings is 1. The zero-order valence-electron chi connectivity index (χ0n) is 15.6. The summed E-state index contributed by atoms with van der Waals surface area (Å²) in [5, 5.41) is 5.54. The summed E-state index contributed by atoms with van der Waals surface area (Å²) in [6, 6.07) is 5.44. The van der Waals surface area contributed by atoms with E-state index in [-0.39, 0.29) is 6.03 Å². The standard InChI is InChI=1S/C19H22N6O/c1-11-6-7-16(8-12(11)2)23-19(26)24-17-9-20-18(21-10-17)25-14(4)13(3)22-15(25)5/h6-10H,1-5H3,(H2,23,24,26). The first kappa shape index (κ1) is 17.6. The van der Waals surface area contributed by atoms with E-state index in [2.05, 4.69) is 25.6 Å². The molecule has 26 heavy (non-hydrogen) atoms. The van der Waals surface area contributed by atoms with Crippen molar-refractivity contribution in [3.8, 4) is 5.95 Å². The van der Waals surface area contributed by atoms with Gasteiger partial charge in [0.05, 0.1) is 23.8 Å². The van der Waals surface area contributed by atoms with Crippen LogP contribution >= 0.6 is 0 Å². The summed E-state index contributed by atoms with van der Waals surface area (Å²) in [5.74, 6) is 1.36. The van der Waals surface area contributed by atoms with Crippen LogP contribution in [0.25, 0.3) is 5.95 Å². The number of anilines is 2. The van der Waals surface area contributed by atoms with Gasteiger partial charge in [0.2, 0.25) is 5.95 Å². The Bertz CT molecular complexity index is 959. The predicted molar refractivity (Wildman–Crippen MR) is 102 cm³/mol. The van der Waals surface area contributed by atoms with Crippen molar-refractivity contribution in [2.75, 3.05) is 10.6 Å². The van der Waals surface area contributed by atoms with Crippen LogP contribution in [0.2, 0.25) is 0 Å². The van der Waals surface area contributed by atoms with Crippen molar-refractivity contribution in [1.29, 1.82) is 0 Å². The molecule has 3 rings (SSSR count). The van der Waals surface area contributed by atoms with E-state index in [1.807, 2.05) is 57.4 Å². The minimum absolute atomic E-state index is 0.338. The van der Waals surface area contributed by atoms with Crippen molar-refractivity contribution in [3.05, 3.63) is 58.9 Å². The van der Waals surface area contributed by atoms with Gasteiger partial charge in [0.25, 0.3) is 0 Å². The van der Waals surface area contributed by atoms with E-state index in [1.165, 1.54) is 5.56 Å². The maximum Gasteiger partial charge on any atom is 0.323 e. The summed E-state index contributed by atoms with van der Waals surface area (Å²) < 4.78 is 1.88. The quantitative estimate of drug-likeness (QED) is 0.751. The molecule has 134 valence electrons. The second kappa shape index (κ2) is 6.95. The molecule has 7 heteroatoms. The van der Waals surface area contributed by atoms with E-state index < -0.39 is 0 Å². The highest BCUT2D eigenvalue weighted by atomic mass is 16.2. The first-order valence-corrected chi connectivity index (χ1v) is 8.35. The van der Waals surface area contributed by atoms with Crippen molar-refractivity contribution in [1.82, 2.24) is 19.5 Å². The molecule has 0 saturated heterocycles. The topological polar surface area (TPSA) is 84.7 Å². The largest absolute Gasteiger partial charge is 0.323 e. The Hall–Kier alpha value is -3.22. The zero-order valence-corrected chi connectivity index (χ0v) is 15.6. The van der Waals surface area contributed by atoms with E-state index in [1.54, 1.807) is 12.4 Å². The Morgan fingerprint density at radius 1 is 0.923 bits per heavy atom. The van der Waals surface area contributed by atoms with Crippen LogP contribution in [0, 0.1) is 34.6 Å². The molecule has 2 heterocycles. The fraction of sp³-hybridized carbons (Fsp3) is 0.263. The number of rotatable bonds is 3. The average molecular weight is 350 g/mol. The lowest BCUT2D eigenvalue weighted by Gasteiger charge is -2.10. The summed E-state index contributed by atoms with van der Waals surface area (Å²) in [6.45, 7) is 9.87. The molecule has 3 aromatic rings. The highest BCUT2D eigenvalue weighted by Crippen LogP contribution is 2.16. The Balaban J connectivity index is 1.71. The number of benzene rings is 1. The number of amides is 2. The van der Waals surface area contributed by atoms with Crippen LogP contribution in [-0.2, 0) is 0 Å². The lowest BCUT2D eigenvalue weighted by Crippen LogP contribution is -2.20. The van der Waals surface area contributed by atoms with E-state index in [0.29, 0.717) is 11.6 Å². The number of nitrogens with zero attached hydrogens (tertiary/aromatic N) is 4. The number of aryl methyl sites for hydroxylation is 4. The lowest BCUT2D eigenvalue weighted by molar-refractivity contribution is 0.262. The third-order valence-electron chi connectivity index (χ3n) is 4.37. The third kappa shape index (κ3) is 3.56. The van der Waals surface area contributed by atoms with Crippen molar-refractivity contribution < 1.29 is 4.79 Å². The fourth-order valence-corrected chi connectivity index (χ4v) is 2.69. The lowest BCUT2D eigenvalue weighted by atomic mass is 10.1. The molecule has 0 fully saturated rings. The highest BCUT2D eigenvalue weighted by molar-refractivity contribution is 5.99. The van der Waals surface area contributed by atoms with Crippen molar-refractivity contribution in [3.63, 3.8) is 0 Å². The van der Waals surface area contributed by atoms with Gasteiger partial charge in [0.1, 0.15) is 5.82 Å². The van der Waals surface area contributed by atoms with Gasteiger partial charge in [-0.25, -0.2) is 19.7 Å². The number of nitrogens with one attached hydrogen (secondary N) is 2. The number of carbonyl (C=O) groups is 1. The van der Waals surface area contributed by atoms with Gasteiger partial charge in [-0.15, -0.1) is 0 Å². The molecule has 0 radical (unpaired) electrons. The van der Waals surface area contributed by atoms with Crippen molar-refractivity contribution >= 4 is 17.4 Å². The van der Waals surface area contributed by atoms with Crippen LogP contribution in [-0.4, -0.2) is 25.6 Å². The average Bonchev–Trinajstić information content (AvgIpc) is 2.84. The molecule has 0 aliphatic carbocycles. The van der Waals surface area contributed by atoms with Crippen LogP contribution in [0.4, 0.5) is 16.2 Å². The molecule has 0 unspecified atom stereocenters. The van der Waals surface area contributed by atoms with Gasteiger partial charge < -0.3 is 10.6 Å². The smallest absolute Gasteiger partial charge is 0.308 e. The molecular formula is C19H22N6O. The highest BCUT2D eigenvalue weighted by Gasteiger charge is 2.12. The van der Waals surface area contributed by atoms with Gasteiger partial charge in [-0.3, -0.25) is 4.57 Å². The minimum Gasteiger partial charge on any atom is -0.308 e. The Kier molecular flexibility index (Phi) is 4.71. The van der Waals surface area contributed by atoms with E-state index in [9.17, 15) is 4.79 Å². The fourth-order valence-electron chi connectivity index (χ4n) is 2.69. The monoisotopic (exact) mass is 350 g/mol. The number of hydrogen-bond donors (Lipinski definition) is 2. The van der Waals surface area contributed by atoms with Gasteiger partial charge in [-0.2, -0.15) is 0 Å². The molecule has 2 aromatic heterocycles. The van der Waals surface area contributed by atoms with Gasteiger partial charge in [0.15, 0.2) is 0 Å². The summed E-state index contributed by atoms with van der Waals surface area (Å²) in [6.07, 6.45) is 3.16. The molecule has 0 aliphatic heterocycles. The maximum absolute atomic E-state index is 12.2.